The summed E-state index contributed by atoms with van der Waals surface area (Å²) in [6, 6.07) is 2.60. The summed E-state index contributed by atoms with van der Waals surface area (Å²) in [6.07, 6.45) is 1.19. The number of furan rings is 1. The Labute approximate surface area is 121 Å². The van der Waals surface area contributed by atoms with Gasteiger partial charge in [-0.2, -0.15) is 4.37 Å². The zero-order valence-electron chi connectivity index (χ0n) is 10.1. The number of nitrogens with one attached hydrogen (secondary N) is 1. The molecule has 3 aromatic rings. The highest BCUT2D eigenvalue weighted by atomic mass is 35.5. The minimum Gasteiger partial charge on any atom is -0.460 e. The molecule has 0 unspecified atom stereocenters. The van der Waals surface area contributed by atoms with Crippen molar-refractivity contribution in [3.63, 3.8) is 0 Å². The van der Waals surface area contributed by atoms with E-state index in [9.17, 15) is 9.18 Å². The Morgan fingerprint density at radius 3 is 3.00 bits per heavy atom. The highest BCUT2D eigenvalue weighted by molar-refractivity contribution is 7.09. The van der Waals surface area contributed by atoms with Crippen molar-refractivity contribution >= 4 is 45.1 Å². The number of hydrogen-bond donors (Lipinski definition) is 1. The molecule has 3 rings (SSSR count). The molecule has 0 saturated heterocycles. The van der Waals surface area contributed by atoms with Gasteiger partial charge in [-0.15, -0.1) is 0 Å². The van der Waals surface area contributed by atoms with E-state index in [-0.39, 0.29) is 16.2 Å². The number of nitrogens with zero attached hydrogens (tertiary/aromatic N) is 2. The fraction of sp³-hybridized carbons (Fsp3) is 0.0833. The molecule has 20 heavy (non-hydrogen) atoms. The van der Waals surface area contributed by atoms with Crippen LogP contribution in [0.5, 0.6) is 0 Å². The number of aromatic nitrogens is 2. The van der Waals surface area contributed by atoms with Gasteiger partial charge >= 0.3 is 0 Å². The predicted molar refractivity (Wildman–Crippen MR) is 73.8 cm³/mol. The van der Waals surface area contributed by atoms with E-state index < -0.39 is 11.7 Å². The van der Waals surface area contributed by atoms with Crippen LogP contribution in [0.3, 0.4) is 0 Å². The molecular formula is C12H7ClFN3O2S. The second-order valence-electron chi connectivity index (χ2n) is 4.01. The van der Waals surface area contributed by atoms with Gasteiger partial charge in [-0.05, 0) is 19.1 Å². The molecule has 5 nitrogen and oxygen atoms in total. The lowest BCUT2D eigenvalue weighted by Gasteiger charge is -1.99. The number of halogens is 2. The third-order valence-corrected chi connectivity index (χ3v) is 3.53. The van der Waals surface area contributed by atoms with Crippen LogP contribution in [0.15, 0.2) is 22.8 Å². The largest absolute Gasteiger partial charge is 0.460 e. The summed E-state index contributed by atoms with van der Waals surface area (Å²) in [5.41, 5.74) is 0.183. The van der Waals surface area contributed by atoms with Crippen LogP contribution in [0.4, 0.5) is 9.52 Å². The average Bonchev–Trinajstić information content (AvgIpc) is 2.95. The molecule has 2 heterocycles. The van der Waals surface area contributed by atoms with Crippen molar-refractivity contribution in [1.82, 2.24) is 9.36 Å². The van der Waals surface area contributed by atoms with Gasteiger partial charge in [0.25, 0.3) is 5.91 Å². The molecular weight excluding hydrogens is 305 g/mol. The lowest BCUT2D eigenvalue weighted by atomic mass is 10.1. The lowest BCUT2D eigenvalue weighted by molar-refractivity contribution is 0.102. The Morgan fingerprint density at radius 1 is 1.50 bits per heavy atom. The number of anilines is 1. The standard InChI is InChI=1S/C12H7ClFN3O2S/c1-5-15-12(20-17-5)16-11(18)8-4-19-10-7(8)2-6(13)3-9(10)14/h2-4H,1H3,(H,15,16,17,18). The van der Waals surface area contributed by atoms with Gasteiger partial charge in [0.2, 0.25) is 5.13 Å². The highest BCUT2D eigenvalue weighted by Gasteiger charge is 2.18. The summed E-state index contributed by atoms with van der Waals surface area (Å²) in [4.78, 5) is 16.1. The van der Waals surface area contributed by atoms with Crippen LogP contribution in [0.2, 0.25) is 5.02 Å². The summed E-state index contributed by atoms with van der Waals surface area (Å²) in [5, 5.41) is 3.45. The Bertz CT molecular complexity index is 814. The van der Waals surface area contributed by atoms with Crippen molar-refractivity contribution in [2.75, 3.05) is 5.32 Å². The average molecular weight is 312 g/mol. The first-order chi connectivity index (χ1) is 9.54. The van der Waals surface area contributed by atoms with Crippen molar-refractivity contribution in [3.05, 3.63) is 40.6 Å². The normalized spacial score (nSPS) is 10.9. The van der Waals surface area contributed by atoms with Gasteiger partial charge < -0.3 is 4.42 Å². The smallest absolute Gasteiger partial charge is 0.261 e. The van der Waals surface area contributed by atoms with Crippen molar-refractivity contribution in [1.29, 1.82) is 0 Å². The third kappa shape index (κ3) is 2.25. The molecule has 1 N–H and O–H groups in total. The summed E-state index contributed by atoms with van der Waals surface area (Å²) >= 11 is 6.85. The molecule has 1 aromatic carbocycles. The minimum atomic E-state index is -0.613. The fourth-order valence-corrected chi connectivity index (χ4v) is 2.53. The van der Waals surface area contributed by atoms with Gasteiger partial charge in [-0.25, -0.2) is 9.37 Å². The first kappa shape index (κ1) is 13.0. The van der Waals surface area contributed by atoms with Crippen LogP contribution in [-0.2, 0) is 0 Å². The number of carbonyl (C=O) groups excluding carboxylic acids is 1. The van der Waals surface area contributed by atoms with E-state index >= 15 is 0 Å². The zero-order valence-corrected chi connectivity index (χ0v) is 11.7. The molecule has 0 aliphatic rings. The van der Waals surface area contributed by atoms with E-state index in [1.165, 1.54) is 12.3 Å². The summed E-state index contributed by atoms with van der Waals surface area (Å²) < 4.78 is 22.6. The SMILES string of the molecule is Cc1nsc(NC(=O)c2coc3c(F)cc(Cl)cc23)n1. The Balaban J connectivity index is 1.99. The number of fused-ring (bicyclic) bond motifs is 1. The maximum atomic E-state index is 13.6. The second kappa shape index (κ2) is 4.84. The third-order valence-electron chi connectivity index (χ3n) is 2.59. The van der Waals surface area contributed by atoms with E-state index in [0.717, 1.165) is 17.6 Å². The van der Waals surface area contributed by atoms with Crippen molar-refractivity contribution in [2.45, 2.75) is 6.92 Å². The van der Waals surface area contributed by atoms with Crippen LogP contribution in [0.1, 0.15) is 16.2 Å². The van der Waals surface area contributed by atoms with Gasteiger partial charge in [-0.3, -0.25) is 10.1 Å². The first-order valence-electron chi connectivity index (χ1n) is 5.52. The Hall–Kier alpha value is -1.99. The maximum absolute atomic E-state index is 13.6. The van der Waals surface area contributed by atoms with Gasteiger partial charge in [0.1, 0.15) is 12.1 Å². The van der Waals surface area contributed by atoms with E-state index in [4.69, 9.17) is 16.0 Å². The van der Waals surface area contributed by atoms with Gasteiger partial charge in [-0.1, -0.05) is 11.6 Å². The number of benzene rings is 1. The number of aryl methyl sites for hydroxylation is 1. The summed E-state index contributed by atoms with van der Waals surface area (Å²) in [7, 11) is 0. The Morgan fingerprint density at radius 2 is 2.30 bits per heavy atom. The van der Waals surface area contributed by atoms with Crippen molar-refractivity contribution < 1.29 is 13.6 Å². The molecule has 0 atom stereocenters. The molecule has 0 aliphatic heterocycles. The molecule has 8 heteroatoms. The number of rotatable bonds is 2. The van der Waals surface area contributed by atoms with Crippen LogP contribution in [-0.4, -0.2) is 15.3 Å². The molecule has 1 amide bonds. The molecule has 0 saturated carbocycles. The Kier molecular flexibility index (Phi) is 3.15. The number of amides is 1. The van der Waals surface area contributed by atoms with Crippen LogP contribution < -0.4 is 5.32 Å². The van der Waals surface area contributed by atoms with Crippen LogP contribution in [0.25, 0.3) is 11.0 Å². The number of carbonyl (C=O) groups is 1. The second-order valence-corrected chi connectivity index (χ2v) is 5.20. The highest BCUT2D eigenvalue weighted by Crippen LogP contribution is 2.28. The summed E-state index contributed by atoms with van der Waals surface area (Å²) in [5.74, 6) is -0.503. The predicted octanol–water partition coefficient (Wildman–Crippen LogP) is 3.64. The monoisotopic (exact) mass is 311 g/mol. The molecule has 0 fully saturated rings. The van der Waals surface area contributed by atoms with E-state index in [1.807, 2.05) is 0 Å². The molecule has 2 aromatic heterocycles. The minimum absolute atomic E-state index is 0.00649. The van der Waals surface area contributed by atoms with Gasteiger partial charge in [0.05, 0.1) is 5.56 Å². The molecule has 0 aliphatic carbocycles. The maximum Gasteiger partial charge on any atom is 0.261 e. The molecule has 0 spiro atoms. The fourth-order valence-electron chi connectivity index (χ4n) is 1.75. The van der Waals surface area contributed by atoms with Gasteiger partial charge in [0.15, 0.2) is 11.4 Å². The van der Waals surface area contributed by atoms with E-state index in [1.54, 1.807) is 6.92 Å². The van der Waals surface area contributed by atoms with Crippen molar-refractivity contribution in [2.24, 2.45) is 0 Å². The topological polar surface area (TPSA) is 68.0 Å². The van der Waals surface area contributed by atoms with Crippen LogP contribution in [0, 0.1) is 12.7 Å². The number of hydrogen-bond acceptors (Lipinski definition) is 5. The van der Waals surface area contributed by atoms with E-state index in [0.29, 0.717) is 16.3 Å². The first-order valence-corrected chi connectivity index (χ1v) is 6.67. The van der Waals surface area contributed by atoms with E-state index in [2.05, 4.69) is 14.7 Å². The van der Waals surface area contributed by atoms with Crippen molar-refractivity contribution in [3.8, 4) is 0 Å². The lowest BCUT2D eigenvalue weighted by Crippen LogP contribution is -2.11. The zero-order chi connectivity index (χ0) is 14.3. The molecule has 102 valence electrons. The summed E-state index contributed by atoms with van der Waals surface area (Å²) in [6.45, 7) is 1.72. The van der Waals surface area contributed by atoms with Gasteiger partial charge in [0, 0.05) is 21.9 Å². The van der Waals surface area contributed by atoms with Crippen LogP contribution >= 0.6 is 23.1 Å². The molecule has 0 bridgehead atoms. The quantitative estimate of drug-likeness (QED) is 0.784. The molecule has 0 radical (unpaired) electrons.